The van der Waals surface area contributed by atoms with E-state index in [9.17, 15) is 0 Å². The van der Waals surface area contributed by atoms with Crippen molar-refractivity contribution >= 4 is 28.5 Å². The molecule has 0 amide bonds. The van der Waals surface area contributed by atoms with E-state index in [0.29, 0.717) is 11.9 Å². The summed E-state index contributed by atoms with van der Waals surface area (Å²) < 4.78 is 5.85. The van der Waals surface area contributed by atoms with Gasteiger partial charge in [-0.15, -0.1) is 0 Å². The van der Waals surface area contributed by atoms with Crippen LogP contribution in [-0.2, 0) is 0 Å². The first-order valence-corrected chi connectivity index (χ1v) is 14.3. The van der Waals surface area contributed by atoms with Gasteiger partial charge in [0.1, 0.15) is 12.2 Å². The van der Waals surface area contributed by atoms with E-state index in [-0.39, 0.29) is 0 Å². The Hall–Kier alpha value is 0.180. The minimum Gasteiger partial charge on any atom is -0.467 e. The summed E-state index contributed by atoms with van der Waals surface area (Å²) in [5.41, 5.74) is 3.92. The zero-order valence-corrected chi connectivity index (χ0v) is 19.0. The van der Waals surface area contributed by atoms with Crippen molar-refractivity contribution in [2.45, 2.75) is 77.6 Å². The first-order valence-electron chi connectivity index (χ1n) is 10.2. The van der Waals surface area contributed by atoms with Crippen molar-refractivity contribution in [3.05, 3.63) is 29.3 Å². The molecule has 1 aromatic carbocycles. The molecule has 138 valence electrons. The minimum absolute atomic E-state index is 0.506. The molecule has 1 aromatic rings. The van der Waals surface area contributed by atoms with Gasteiger partial charge in [0.15, 0.2) is 0 Å². The summed E-state index contributed by atoms with van der Waals surface area (Å²) in [6.07, 6.45) is 9.83. The van der Waals surface area contributed by atoms with E-state index in [4.69, 9.17) is 4.52 Å². The second kappa shape index (κ2) is 7.30. The molecule has 2 saturated carbocycles. The van der Waals surface area contributed by atoms with Gasteiger partial charge in [-0.05, 0) is 119 Å². The fourth-order valence-electron chi connectivity index (χ4n) is 6.69. The summed E-state index contributed by atoms with van der Waals surface area (Å²) in [6.45, 7) is 8.00. The van der Waals surface area contributed by atoms with Crippen LogP contribution in [0.25, 0.3) is 0 Å². The molecule has 0 bridgehead atoms. The summed E-state index contributed by atoms with van der Waals surface area (Å²) in [5.74, 6) is 5.45. The summed E-state index contributed by atoms with van der Waals surface area (Å²) in [6, 6.07) is 7.06. The van der Waals surface area contributed by atoms with E-state index in [1.54, 1.807) is 11.1 Å². The fraction of sp³-hybridized carbons (Fsp3) is 0.727. The highest BCUT2D eigenvalue weighted by atomic mass is 127. The van der Waals surface area contributed by atoms with Crippen LogP contribution in [0.4, 0.5) is 0 Å². The number of hydrogen-bond donors (Lipinski definition) is 0. The lowest BCUT2D eigenvalue weighted by Crippen LogP contribution is -2.42. The molecular formula is C22H32IOP. The molecule has 0 spiro atoms. The fourth-order valence-corrected chi connectivity index (χ4v) is 7.67. The molecule has 0 saturated heterocycles. The maximum absolute atomic E-state index is 5.85. The zero-order valence-electron chi connectivity index (χ0n) is 15.9. The van der Waals surface area contributed by atoms with E-state index in [2.05, 4.69) is 61.0 Å². The zero-order chi connectivity index (χ0) is 17.6. The molecule has 2 fully saturated rings. The molecule has 25 heavy (non-hydrogen) atoms. The Balaban J connectivity index is 1.71. The first kappa shape index (κ1) is 18.5. The summed E-state index contributed by atoms with van der Waals surface area (Å²) in [4.78, 5) is 0. The summed E-state index contributed by atoms with van der Waals surface area (Å²) in [7, 11) is 0. The SMILES string of the molecule is CCCC1CC2C(CCC3(C)C(C)CCC23)c2ccc(OPI)cc21. The Morgan fingerprint density at radius 2 is 2.08 bits per heavy atom. The van der Waals surface area contributed by atoms with Crippen molar-refractivity contribution in [1.82, 2.24) is 0 Å². The summed E-state index contributed by atoms with van der Waals surface area (Å²) in [5, 5.41) is 0. The van der Waals surface area contributed by atoms with Gasteiger partial charge >= 0.3 is 0 Å². The molecular weight excluding hydrogens is 438 g/mol. The van der Waals surface area contributed by atoms with E-state index in [1.165, 1.54) is 44.9 Å². The van der Waals surface area contributed by atoms with Crippen molar-refractivity contribution in [2.24, 2.45) is 23.2 Å². The van der Waals surface area contributed by atoms with Gasteiger partial charge in [0.25, 0.3) is 0 Å². The summed E-state index contributed by atoms with van der Waals surface area (Å²) >= 11 is 2.32. The van der Waals surface area contributed by atoms with Crippen molar-refractivity contribution < 1.29 is 4.52 Å². The lowest BCUT2D eigenvalue weighted by molar-refractivity contribution is 0.0283. The molecule has 0 aliphatic heterocycles. The highest BCUT2D eigenvalue weighted by molar-refractivity contribution is 14.2. The third kappa shape index (κ3) is 3.08. The smallest absolute Gasteiger partial charge is 0.137 e. The number of hydrogen-bond acceptors (Lipinski definition) is 1. The second-order valence-electron chi connectivity index (χ2n) is 9.09. The maximum atomic E-state index is 5.85. The molecule has 3 aliphatic carbocycles. The minimum atomic E-state index is 0.506. The van der Waals surface area contributed by atoms with E-state index in [1.807, 2.05) is 0 Å². The van der Waals surface area contributed by atoms with Crippen molar-refractivity contribution in [3.8, 4) is 5.75 Å². The molecule has 3 aliphatic rings. The van der Waals surface area contributed by atoms with E-state index >= 15 is 0 Å². The first-order chi connectivity index (χ1) is 12.1. The maximum Gasteiger partial charge on any atom is 0.137 e. The number of rotatable bonds is 4. The third-order valence-electron chi connectivity index (χ3n) is 8.16. The molecule has 7 atom stereocenters. The van der Waals surface area contributed by atoms with Crippen LogP contribution in [0.15, 0.2) is 18.2 Å². The van der Waals surface area contributed by atoms with Crippen LogP contribution in [0.5, 0.6) is 5.75 Å². The van der Waals surface area contributed by atoms with Crippen LogP contribution < -0.4 is 4.52 Å². The van der Waals surface area contributed by atoms with Gasteiger partial charge in [0, 0.05) is 0 Å². The molecule has 3 heteroatoms. The van der Waals surface area contributed by atoms with Crippen molar-refractivity contribution in [2.75, 3.05) is 0 Å². The molecule has 0 radical (unpaired) electrons. The van der Waals surface area contributed by atoms with Gasteiger partial charge in [0.05, 0.1) is 0 Å². The van der Waals surface area contributed by atoms with Gasteiger partial charge in [0.2, 0.25) is 0 Å². The molecule has 0 heterocycles. The third-order valence-corrected chi connectivity index (χ3v) is 9.13. The molecule has 4 rings (SSSR count). The quantitative estimate of drug-likeness (QED) is 0.322. The molecule has 0 aromatic heterocycles. The lowest BCUT2D eigenvalue weighted by atomic mass is 9.53. The number of fused-ring (bicyclic) bond motifs is 5. The topological polar surface area (TPSA) is 9.23 Å². The normalized spacial score (nSPS) is 39.9. The van der Waals surface area contributed by atoms with E-state index in [0.717, 1.165) is 35.3 Å². The predicted molar refractivity (Wildman–Crippen MR) is 117 cm³/mol. The van der Waals surface area contributed by atoms with Crippen LogP contribution in [0.1, 0.15) is 88.7 Å². The molecule has 7 unspecified atom stereocenters. The Morgan fingerprint density at radius 3 is 2.84 bits per heavy atom. The lowest BCUT2D eigenvalue weighted by Gasteiger charge is -2.52. The van der Waals surface area contributed by atoms with Crippen LogP contribution in [0.3, 0.4) is 0 Å². The second-order valence-corrected chi connectivity index (χ2v) is 10.8. The van der Waals surface area contributed by atoms with Gasteiger partial charge in [-0.1, -0.05) is 33.3 Å². The molecule has 1 nitrogen and oxygen atoms in total. The van der Waals surface area contributed by atoms with Gasteiger partial charge in [-0.3, -0.25) is 0 Å². The Labute approximate surface area is 168 Å². The van der Waals surface area contributed by atoms with Crippen LogP contribution in [-0.4, -0.2) is 0 Å². The van der Waals surface area contributed by atoms with Gasteiger partial charge in [-0.2, -0.15) is 0 Å². The highest BCUT2D eigenvalue weighted by Crippen LogP contribution is 2.64. The Morgan fingerprint density at radius 1 is 1.24 bits per heavy atom. The van der Waals surface area contributed by atoms with Crippen LogP contribution >= 0.6 is 28.5 Å². The van der Waals surface area contributed by atoms with Gasteiger partial charge in [-0.25, -0.2) is 0 Å². The monoisotopic (exact) mass is 470 g/mol. The van der Waals surface area contributed by atoms with Crippen LogP contribution in [0.2, 0.25) is 0 Å². The van der Waals surface area contributed by atoms with Crippen molar-refractivity contribution in [3.63, 3.8) is 0 Å². The van der Waals surface area contributed by atoms with Crippen LogP contribution in [0, 0.1) is 23.2 Å². The highest BCUT2D eigenvalue weighted by Gasteiger charge is 2.54. The Bertz CT molecular complexity index is 632. The number of halogens is 1. The number of benzene rings is 1. The van der Waals surface area contributed by atoms with Crippen molar-refractivity contribution in [1.29, 1.82) is 0 Å². The molecule has 0 N–H and O–H groups in total. The standard InChI is InChI=1S/C22H32IOP/c1-4-5-15-12-20-18(10-11-22(3)14(2)6-9-21(20)22)17-8-7-16(24-25-23)13-19(15)17/h7-8,13-15,18,20-21,25H,4-6,9-12H2,1-3H3. The van der Waals surface area contributed by atoms with Gasteiger partial charge < -0.3 is 4.52 Å². The average molecular weight is 470 g/mol. The average Bonchev–Trinajstić information content (AvgIpc) is 2.91. The largest absolute Gasteiger partial charge is 0.467 e. The Kier molecular flexibility index (Phi) is 5.42. The van der Waals surface area contributed by atoms with E-state index < -0.39 is 0 Å². The predicted octanol–water partition coefficient (Wildman–Crippen LogP) is 7.84.